The smallest absolute Gasteiger partial charge is 0.0543 e. The third-order valence-electron chi connectivity index (χ3n) is 5.22. The molecule has 142 valence electrons. The van der Waals surface area contributed by atoms with Crippen LogP contribution in [0.25, 0.3) is 0 Å². The molecule has 26 heavy (non-hydrogen) atoms. The highest BCUT2D eigenvalue weighted by atomic mass is 15.2. The molecule has 1 atom stereocenters. The van der Waals surface area contributed by atoms with Gasteiger partial charge in [0.15, 0.2) is 0 Å². The summed E-state index contributed by atoms with van der Waals surface area (Å²) < 4.78 is 0. The molecule has 1 fully saturated rings. The Bertz CT molecular complexity index is 695. The highest BCUT2D eigenvalue weighted by Gasteiger charge is 2.26. The number of anilines is 2. The van der Waals surface area contributed by atoms with Crippen LogP contribution in [0.3, 0.4) is 0 Å². The minimum Gasteiger partial charge on any atom is -0.388 e. The molecule has 0 spiro atoms. The first-order chi connectivity index (χ1) is 12.4. The first kappa shape index (κ1) is 20.4. The predicted molar refractivity (Wildman–Crippen MR) is 117 cm³/mol. The molecule has 2 nitrogen and oxygen atoms in total. The molecule has 1 heterocycles. The largest absolute Gasteiger partial charge is 0.388 e. The Morgan fingerprint density at radius 1 is 1.00 bits per heavy atom. The van der Waals surface area contributed by atoms with Gasteiger partial charge >= 0.3 is 0 Å². The molecule has 0 aromatic heterocycles. The van der Waals surface area contributed by atoms with Gasteiger partial charge in [-0.2, -0.15) is 0 Å². The molecule has 1 aliphatic rings. The zero-order chi connectivity index (χ0) is 19.3. The lowest BCUT2D eigenvalue weighted by atomic mass is 9.87. The Hall–Kier alpha value is -1.96. The van der Waals surface area contributed by atoms with E-state index >= 15 is 0 Å². The highest BCUT2D eigenvalue weighted by molar-refractivity contribution is 5.55. The Morgan fingerprint density at radius 2 is 1.65 bits per heavy atom. The summed E-state index contributed by atoms with van der Waals surface area (Å²) >= 11 is 0. The van der Waals surface area contributed by atoms with Crippen LogP contribution in [0, 0.1) is 6.92 Å². The van der Waals surface area contributed by atoms with Crippen molar-refractivity contribution < 1.29 is 0 Å². The molecular weight excluding hydrogens is 316 g/mol. The second-order valence-electron chi connectivity index (χ2n) is 7.97. The Morgan fingerprint density at radius 3 is 2.19 bits per heavy atom. The first-order valence-electron chi connectivity index (χ1n) is 10.1. The summed E-state index contributed by atoms with van der Waals surface area (Å²) in [6, 6.07) is 16.5. The minimum atomic E-state index is 0.211. The summed E-state index contributed by atoms with van der Waals surface area (Å²) in [5.41, 5.74) is 6.94. The van der Waals surface area contributed by atoms with Crippen molar-refractivity contribution in [1.29, 1.82) is 0 Å². The van der Waals surface area contributed by atoms with Gasteiger partial charge in [0.25, 0.3) is 0 Å². The molecule has 1 N–H and O–H groups in total. The van der Waals surface area contributed by atoms with E-state index in [9.17, 15) is 0 Å². The average Bonchev–Trinajstić information content (AvgIpc) is 3.12. The lowest BCUT2D eigenvalue weighted by Crippen LogP contribution is -2.23. The zero-order valence-corrected chi connectivity index (χ0v) is 17.7. The van der Waals surface area contributed by atoms with Crippen molar-refractivity contribution in [2.24, 2.45) is 0 Å². The number of nitrogens with zero attached hydrogens (tertiary/aromatic N) is 1. The number of benzene rings is 2. The summed E-state index contributed by atoms with van der Waals surface area (Å²) in [5, 5.41) is 3.26. The number of hydrogen-bond acceptors (Lipinski definition) is 2. The molecule has 3 rings (SSSR count). The van der Waals surface area contributed by atoms with Gasteiger partial charge < -0.3 is 10.2 Å². The highest BCUT2D eigenvalue weighted by Crippen LogP contribution is 2.37. The monoisotopic (exact) mass is 352 g/mol. The molecule has 0 radical (unpaired) electrons. The van der Waals surface area contributed by atoms with Gasteiger partial charge in [-0.15, -0.1) is 0 Å². The molecule has 0 unspecified atom stereocenters. The van der Waals surface area contributed by atoms with Crippen LogP contribution < -0.4 is 10.2 Å². The van der Waals surface area contributed by atoms with Crippen LogP contribution in [-0.4, -0.2) is 13.6 Å². The molecule has 2 heteroatoms. The maximum atomic E-state index is 3.26. The van der Waals surface area contributed by atoms with Crippen molar-refractivity contribution in [3.8, 4) is 0 Å². The van der Waals surface area contributed by atoms with Gasteiger partial charge in [-0.05, 0) is 60.1 Å². The van der Waals surface area contributed by atoms with Crippen LogP contribution in [-0.2, 0) is 5.41 Å². The summed E-state index contributed by atoms with van der Waals surface area (Å²) in [6.45, 7) is 14.1. The summed E-state index contributed by atoms with van der Waals surface area (Å²) in [6.07, 6.45) is 2.50. The van der Waals surface area contributed by atoms with E-state index in [0.29, 0.717) is 6.04 Å². The van der Waals surface area contributed by atoms with E-state index in [4.69, 9.17) is 0 Å². The van der Waals surface area contributed by atoms with E-state index in [-0.39, 0.29) is 5.41 Å². The van der Waals surface area contributed by atoms with Crippen molar-refractivity contribution in [2.75, 3.05) is 23.8 Å². The maximum absolute atomic E-state index is 3.26. The van der Waals surface area contributed by atoms with Crippen LogP contribution in [0.1, 0.15) is 70.2 Å². The quantitative estimate of drug-likeness (QED) is 0.661. The van der Waals surface area contributed by atoms with E-state index < -0.39 is 0 Å². The molecule has 0 bridgehead atoms. The van der Waals surface area contributed by atoms with Crippen molar-refractivity contribution >= 4 is 11.4 Å². The molecule has 1 saturated heterocycles. The third kappa shape index (κ3) is 4.41. The lowest BCUT2D eigenvalue weighted by molar-refractivity contribution is 0.590. The van der Waals surface area contributed by atoms with Crippen LogP contribution in [0.5, 0.6) is 0 Å². The van der Waals surface area contributed by atoms with Crippen LogP contribution in [0.15, 0.2) is 42.5 Å². The van der Waals surface area contributed by atoms with Gasteiger partial charge in [0.2, 0.25) is 0 Å². The average molecular weight is 353 g/mol. The number of rotatable bonds is 3. The summed E-state index contributed by atoms with van der Waals surface area (Å²) in [4.78, 5) is 2.57. The van der Waals surface area contributed by atoms with Crippen molar-refractivity contribution in [3.63, 3.8) is 0 Å². The predicted octanol–water partition coefficient (Wildman–Crippen LogP) is 6.70. The summed E-state index contributed by atoms with van der Waals surface area (Å²) in [5.74, 6) is 0. The van der Waals surface area contributed by atoms with Crippen LogP contribution >= 0.6 is 0 Å². The number of nitrogens with one attached hydrogen (secondary N) is 1. The van der Waals surface area contributed by atoms with Gasteiger partial charge in [0, 0.05) is 25.0 Å². The van der Waals surface area contributed by atoms with Gasteiger partial charge in [0.1, 0.15) is 0 Å². The van der Waals surface area contributed by atoms with E-state index in [2.05, 4.69) is 80.4 Å². The molecule has 2 aromatic rings. The molecular formula is C24H36N2. The third-order valence-corrected chi connectivity index (χ3v) is 5.22. The first-order valence-corrected chi connectivity index (χ1v) is 10.1. The van der Waals surface area contributed by atoms with Gasteiger partial charge in [-0.3, -0.25) is 0 Å². The second-order valence-corrected chi connectivity index (χ2v) is 7.97. The SMILES string of the molecule is CC.CNc1ccc([C@H]2CCCN2c2ccc(C(C)(C)C)cc2)cc1C. The Labute approximate surface area is 160 Å². The van der Waals surface area contributed by atoms with Crippen molar-refractivity contribution in [3.05, 3.63) is 59.2 Å². The van der Waals surface area contributed by atoms with E-state index in [1.165, 1.54) is 40.9 Å². The van der Waals surface area contributed by atoms with Gasteiger partial charge in [-0.25, -0.2) is 0 Å². The standard InChI is InChI=1S/C22H30N2.C2H6/c1-16-15-17(8-13-20(16)23-5)21-7-6-14-24(21)19-11-9-18(10-12-19)22(2,3)4;1-2/h8-13,15,21,23H,6-7,14H2,1-5H3;1-2H3/t21-;/m1./s1. The Balaban J connectivity index is 0.00000117. The minimum absolute atomic E-state index is 0.211. The summed E-state index contributed by atoms with van der Waals surface area (Å²) in [7, 11) is 1.99. The lowest BCUT2D eigenvalue weighted by Gasteiger charge is -2.29. The molecule has 0 amide bonds. The number of aryl methyl sites for hydroxylation is 1. The van der Waals surface area contributed by atoms with E-state index in [1.54, 1.807) is 0 Å². The second kappa shape index (κ2) is 8.62. The fourth-order valence-corrected chi connectivity index (χ4v) is 3.75. The molecule has 2 aromatic carbocycles. The van der Waals surface area contributed by atoms with Gasteiger partial charge in [0.05, 0.1) is 6.04 Å². The normalized spacial score (nSPS) is 16.9. The fraction of sp³-hybridized carbons (Fsp3) is 0.500. The van der Waals surface area contributed by atoms with Crippen LogP contribution in [0.2, 0.25) is 0 Å². The topological polar surface area (TPSA) is 15.3 Å². The van der Waals surface area contributed by atoms with E-state index in [1.807, 2.05) is 20.9 Å². The maximum Gasteiger partial charge on any atom is 0.0543 e. The van der Waals surface area contributed by atoms with Gasteiger partial charge in [-0.1, -0.05) is 58.9 Å². The van der Waals surface area contributed by atoms with Crippen LogP contribution in [0.4, 0.5) is 11.4 Å². The molecule has 1 aliphatic heterocycles. The molecule has 0 aliphatic carbocycles. The van der Waals surface area contributed by atoms with Crippen molar-refractivity contribution in [2.45, 2.75) is 65.8 Å². The Kier molecular flexibility index (Phi) is 6.75. The number of hydrogen-bond donors (Lipinski definition) is 1. The zero-order valence-electron chi connectivity index (χ0n) is 17.7. The van der Waals surface area contributed by atoms with E-state index in [0.717, 1.165) is 6.54 Å². The fourth-order valence-electron chi connectivity index (χ4n) is 3.75. The van der Waals surface area contributed by atoms with Crippen molar-refractivity contribution in [1.82, 2.24) is 0 Å². The molecule has 0 saturated carbocycles.